The molecule has 4 rings (SSSR count). The first-order valence-corrected chi connectivity index (χ1v) is 11.9. The summed E-state index contributed by atoms with van der Waals surface area (Å²) in [6.07, 6.45) is -1.33. The summed E-state index contributed by atoms with van der Waals surface area (Å²) in [6.45, 7) is 7.57. The number of fused-ring (bicyclic) bond motifs is 2. The molecular formula is C22H27N3O5S. The number of nitrogens with one attached hydrogen (secondary N) is 1. The van der Waals surface area contributed by atoms with Crippen molar-refractivity contribution in [1.82, 2.24) is 0 Å². The van der Waals surface area contributed by atoms with Crippen LogP contribution in [0.3, 0.4) is 0 Å². The van der Waals surface area contributed by atoms with Crippen molar-refractivity contribution in [3.8, 4) is 11.1 Å². The zero-order chi connectivity index (χ0) is 22.5. The van der Waals surface area contributed by atoms with Crippen LogP contribution in [0.5, 0.6) is 0 Å². The minimum absolute atomic E-state index is 0.0518. The molecule has 9 heteroatoms. The average Bonchev–Trinajstić information content (AvgIpc) is 2.98. The first-order valence-electron chi connectivity index (χ1n) is 10.2. The van der Waals surface area contributed by atoms with Gasteiger partial charge in [0.25, 0.3) is 0 Å². The van der Waals surface area contributed by atoms with Gasteiger partial charge in [-0.05, 0) is 61.7 Å². The molecule has 1 amide bonds. The highest BCUT2D eigenvalue weighted by Gasteiger charge is 2.34. The summed E-state index contributed by atoms with van der Waals surface area (Å²) in [6, 6.07) is 11.0. The SMILES string of the molecule is CC(=O)N1c2ccc(-c3ccc4c(c3)CS(=O)(=O)N4)cc2N(C(O)OC(C)C)C[C@@H]1C. The molecule has 166 valence electrons. The molecule has 0 saturated carbocycles. The van der Waals surface area contributed by atoms with E-state index < -0.39 is 16.4 Å². The van der Waals surface area contributed by atoms with Crippen LogP contribution in [0.4, 0.5) is 17.1 Å². The molecule has 2 aliphatic heterocycles. The number of rotatable bonds is 4. The standard InChI is InChI=1S/C22H27N3O5S/c1-13(2)30-22(27)24-11-14(3)25(15(4)26)20-8-6-17(10-21(20)24)16-5-7-19-18(9-16)12-31(28,29)23-19/h5-10,13-14,22-23,27H,11-12H2,1-4H3/t14-,22?/m0/s1. The highest BCUT2D eigenvalue weighted by Crippen LogP contribution is 2.40. The third-order valence-electron chi connectivity index (χ3n) is 5.50. The number of aliphatic hydroxyl groups excluding tert-OH is 1. The van der Waals surface area contributed by atoms with E-state index in [0.29, 0.717) is 29.2 Å². The van der Waals surface area contributed by atoms with Gasteiger partial charge in [-0.15, -0.1) is 0 Å². The number of anilines is 3. The minimum atomic E-state index is -3.33. The lowest BCUT2D eigenvalue weighted by Crippen LogP contribution is -2.53. The van der Waals surface area contributed by atoms with E-state index in [2.05, 4.69) is 4.72 Å². The summed E-state index contributed by atoms with van der Waals surface area (Å²) in [5.74, 6) is -0.127. The number of ether oxygens (including phenoxy) is 1. The molecule has 2 atom stereocenters. The Bertz CT molecular complexity index is 1130. The molecule has 0 aliphatic carbocycles. The minimum Gasteiger partial charge on any atom is -0.351 e. The van der Waals surface area contributed by atoms with Crippen molar-refractivity contribution in [2.45, 2.75) is 52.0 Å². The second kappa shape index (κ2) is 7.81. The molecule has 31 heavy (non-hydrogen) atoms. The molecule has 0 aromatic heterocycles. The summed E-state index contributed by atoms with van der Waals surface area (Å²) in [5.41, 5.74) is 4.41. The van der Waals surface area contributed by atoms with Crippen LogP contribution in [0.25, 0.3) is 11.1 Å². The fourth-order valence-electron chi connectivity index (χ4n) is 4.25. The van der Waals surface area contributed by atoms with Gasteiger partial charge in [-0.1, -0.05) is 12.1 Å². The summed E-state index contributed by atoms with van der Waals surface area (Å²) in [5, 5.41) is 10.7. The Balaban J connectivity index is 1.78. The molecule has 2 heterocycles. The number of hydrogen-bond acceptors (Lipinski definition) is 6. The normalized spacial score (nSPS) is 20.3. The third-order valence-corrected chi connectivity index (χ3v) is 6.72. The van der Waals surface area contributed by atoms with Crippen molar-refractivity contribution in [3.05, 3.63) is 42.0 Å². The lowest BCUT2D eigenvalue weighted by atomic mass is 9.99. The molecular weight excluding hydrogens is 418 g/mol. The molecule has 2 aromatic carbocycles. The van der Waals surface area contributed by atoms with Gasteiger partial charge in [-0.3, -0.25) is 9.52 Å². The third kappa shape index (κ3) is 4.13. The van der Waals surface area contributed by atoms with Gasteiger partial charge >= 0.3 is 0 Å². The maximum Gasteiger partial charge on any atom is 0.238 e. The van der Waals surface area contributed by atoms with Gasteiger partial charge in [0.05, 0.1) is 35.0 Å². The fraction of sp³-hybridized carbons (Fsp3) is 0.409. The lowest BCUT2D eigenvalue weighted by Gasteiger charge is -2.43. The number of aliphatic hydroxyl groups is 1. The van der Waals surface area contributed by atoms with Crippen molar-refractivity contribution < 1.29 is 23.1 Å². The molecule has 1 unspecified atom stereocenters. The molecule has 0 fully saturated rings. The monoisotopic (exact) mass is 445 g/mol. The Morgan fingerprint density at radius 3 is 2.52 bits per heavy atom. The Kier molecular flexibility index (Phi) is 5.45. The molecule has 0 radical (unpaired) electrons. The Labute approximate surface area is 182 Å². The van der Waals surface area contributed by atoms with Crippen molar-refractivity contribution in [3.63, 3.8) is 0 Å². The summed E-state index contributed by atoms with van der Waals surface area (Å²) in [4.78, 5) is 15.8. The number of amides is 1. The Morgan fingerprint density at radius 1 is 1.16 bits per heavy atom. The van der Waals surface area contributed by atoms with Gasteiger partial charge in [0, 0.05) is 13.5 Å². The van der Waals surface area contributed by atoms with Crippen LogP contribution >= 0.6 is 0 Å². The number of hydrogen-bond donors (Lipinski definition) is 2. The van der Waals surface area contributed by atoms with Gasteiger partial charge in [-0.2, -0.15) is 0 Å². The predicted octanol–water partition coefficient (Wildman–Crippen LogP) is 2.87. The lowest BCUT2D eigenvalue weighted by molar-refractivity contribution is -0.127. The quantitative estimate of drug-likeness (QED) is 0.702. The van der Waals surface area contributed by atoms with Crippen LogP contribution in [0.15, 0.2) is 36.4 Å². The summed E-state index contributed by atoms with van der Waals surface area (Å²) >= 11 is 0. The fourth-order valence-corrected chi connectivity index (χ4v) is 5.50. The van der Waals surface area contributed by atoms with E-state index in [-0.39, 0.29) is 23.8 Å². The van der Waals surface area contributed by atoms with E-state index in [1.807, 2.05) is 51.1 Å². The van der Waals surface area contributed by atoms with E-state index in [0.717, 1.165) is 11.1 Å². The second-order valence-corrected chi connectivity index (χ2v) is 10.1. The van der Waals surface area contributed by atoms with E-state index in [9.17, 15) is 18.3 Å². The molecule has 2 N–H and O–H groups in total. The number of sulfonamides is 1. The number of carbonyl (C=O) groups is 1. The van der Waals surface area contributed by atoms with Crippen LogP contribution < -0.4 is 14.5 Å². The first-order chi connectivity index (χ1) is 14.6. The van der Waals surface area contributed by atoms with Gasteiger partial charge in [0.2, 0.25) is 22.3 Å². The van der Waals surface area contributed by atoms with Crippen molar-refractivity contribution in [2.75, 3.05) is 21.1 Å². The van der Waals surface area contributed by atoms with Gasteiger partial charge in [0.15, 0.2) is 0 Å². The number of nitrogens with zero attached hydrogens (tertiary/aromatic N) is 2. The van der Waals surface area contributed by atoms with Crippen molar-refractivity contribution in [2.24, 2.45) is 0 Å². The molecule has 2 aliphatic rings. The van der Waals surface area contributed by atoms with Crippen LogP contribution in [-0.4, -0.2) is 44.5 Å². The molecule has 0 saturated heterocycles. The summed E-state index contributed by atoms with van der Waals surface area (Å²) < 4.78 is 31.9. The largest absolute Gasteiger partial charge is 0.351 e. The van der Waals surface area contributed by atoms with Crippen LogP contribution in [0.2, 0.25) is 0 Å². The Morgan fingerprint density at radius 2 is 1.84 bits per heavy atom. The molecule has 2 aromatic rings. The zero-order valence-electron chi connectivity index (χ0n) is 18.0. The van der Waals surface area contributed by atoms with Crippen LogP contribution in [0, 0.1) is 0 Å². The molecule has 0 bridgehead atoms. The van der Waals surface area contributed by atoms with Crippen LogP contribution in [0.1, 0.15) is 33.3 Å². The van der Waals surface area contributed by atoms with Gasteiger partial charge in [0.1, 0.15) is 0 Å². The van der Waals surface area contributed by atoms with E-state index in [1.54, 1.807) is 15.9 Å². The maximum atomic E-state index is 12.3. The van der Waals surface area contributed by atoms with Gasteiger partial charge < -0.3 is 19.6 Å². The van der Waals surface area contributed by atoms with Gasteiger partial charge in [-0.25, -0.2) is 8.42 Å². The number of benzene rings is 2. The smallest absolute Gasteiger partial charge is 0.238 e. The second-order valence-electron chi connectivity index (χ2n) is 8.34. The van der Waals surface area contributed by atoms with Crippen molar-refractivity contribution in [1.29, 1.82) is 0 Å². The predicted molar refractivity (Wildman–Crippen MR) is 120 cm³/mol. The summed E-state index contributed by atoms with van der Waals surface area (Å²) in [7, 11) is -3.33. The van der Waals surface area contributed by atoms with E-state index >= 15 is 0 Å². The first kappa shape index (κ1) is 21.6. The van der Waals surface area contributed by atoms with Crippen LogP contribution in [-0.2, 0) is 25.3 Å². The zero-order valence-corrected chi connectivity index (χ0v) is 18.8. The topological polar surface area (TPSA) is 99.2 Å². The Hall–Kier alpha value is -2.62. The van der Waals surface area contributed by atoms with Crippen molar-refractivity contribution >= 4 is 33.0 Å². The highest BCUT2D eigenvalue weighted by molar-refractivity contribution is 7.92. The van der Waals surface area contributed by atoms with E-state index in [1.165, 1.54) is 6.92 Å². The average molecular weight is 446 g/mol. The molecule has 0 spiro atoms. The number of carbonyl (C=O) groups excluding carboxylic acids is 1. The van der Waals surface area contributed by atoms with E-state index in [4.69, 9.17) is 4.74 Å². The molecule has 8 nitrogen and oxygen atoms in total. The highest BCUT2D eigenvalue weighted by atomic mass is 32.2. The maximum absolute atomic E-state index is 12.3.